The van der Waals surface area contributed by atoms with Gasteiger partial charge < -0.3 is 25.0 Å². The molecule has 0 aliphatic heterocycles. The van der Waals surface area contributed by atoms with Crippen LogP contribution >= 0.6 is 46.4 Å². The maximum Gasteiger partial charge on any atom is 0.356 e. The average Bonchev–Trinajstić information content (AvgIpc) is 3.04. The lowest BCUT2D eigenvalue weighted by atomic mass is 10.4. The van der Waals surface area contributed by atoms with Gasteiger partial charge in [-0.15, -0.1) is 0 Å². The summed E-state index contributed by atoms with van der Waals surface area (Å²) in [5, 5.41) is 19.7. The van der Waals surface area contributed by atoms with Crippen LogP contribution in [0.5, 0.6) is 11.8 Å². The Kier molecular flexibility index (Phi) is 12.9. The number of sulfonamides is 2. The van der Waals surface area contributed by atoms with Crippen molar-refractivity contribution in [2.24, 2.45) is 0 Å². The summed E-state index contributed by atoms with van der Waals surface area (Å²) in [7, 11) is -5.83. The summed E-state index contributed by atoms with van der Waals surface area (Å²) in [5.74, 6) is -3.12. The highest BCUT2D eigenvalue weighted by molar-refractivity contribution is 7.93. The van der Waals surface area contributed by atoms with Crippen molar-refractivity contribution in [3.05, 3.63) is 74.6 Å². The van der Waals surface area contributed by atoms with Gasteiger partial charge in [-0.2, -0.15) is 4.98 Å². The van der Waals surface area contributed by atoms with Crippen LogP contribution in [-0.2, 0) is 24.8 Å². The maximum atomic E-state index is 12.5. The molecule has 4 rings (SSSR count). The molecule has 0 radical (unpaired) electrons. The second kappa shape index (κ2) is 16.2. The van der Waals surface area contributed by atoms with Gasteiger partial charge in [0.15, 0.2) is 11.5 Å². The van der Waals surface area contributed by atoms with Gasteiger partial charge in [-0.25, -0.2) is 36.6 Å². The zero-order chi connectivity index (χ0) is 35.8. The maximum absolute atomic E-state index is 12.5. The van der Waals surface area contributed by atoms with Crippen LogP contribution in [0, 0.1) is 0 Å². The molecule has 0 unspecified atom stereocenters. The van der Waals surface area contributed by atoms with E-state index in [9.17, 15) is 26.4 Å². The molecule has 5 N–H and O–H groups in total. The van der Waals surface area contributed by atoms with Gasteiger partial charge in [0.05, 0.1) is 46.7 Å². The number of carbonyl (C=O) groups is 2. The number of carboxylic acid groups (broad SMARTS) is 1. The number of amides is 1. The van der Waals surface area contributed by atoms with Crippen LogP contribution in [0.25, 0.3) is 0 Å². The number of carbonyl (C=O) groups excluding carboxylic acids is 1. The summed E-state index contributed by atoms with van der Waals surface area (Å²) in [5.41, 5.74) is -0.458. The number of aromatic carboxylic acids is 1. The van der Waals surface area contributed by atoms with Crippen LogP contribution < -0.4 is 24.2 Å². The number of carboxylic acids is 1. The topological polar surface area (TPSA) is 249 Å². The minimum Gasteiger partial charge on any atom is -0.478 e. The normalized spacial score (nSPS) is 11.1. The molecule has 17 nitrogen and oxygen atoms in total. The zero-order valence-electron chi connectivity index (χ0n) is 24.1. The molecule has 2 aromatic carbocycles. The van der Waals surface area contributed by atoms with Crippen molar-refractivity contribution in [1.82, 2.24) is 19.9 Å². The molecule has 2 heterocycles. The fourth-order valence-corrected chi connectivity index (χ4v) is 6.80. The van der Waals surface area contributed by atoms with Gasteiger partial charge in [-0.05, 0) is 24.3 Å². The lowest BCUT2D eigenvalue weighted by Gasteiger charge is -2.12. The molecule has 0 bridgehead atoms. The number of ether oxygens (including phenoxy) is 2. The molecule has 2 aromatic heterocycles. The highest BCUT2D eigenvalue weighted by Crippen LogP contribution is 2.32. The Morgan fingerprint density at radius 1 is 0.771 bits per heavy atom. The smallest absolute Gasteiger partial charge is 0.356 e. The van der Waals surface area contributed by atoms with Crippen molar-refractivity contribution in [1.29, 1.82) is 0 Å². The highest BCUT2D eigenvalue weighted by atomic mass is 35.5. The molecule has 48 heavy (non-hydrogen) atoms. The van der Waals surface area contributed by atoms with Crippen molar-refractivity contribution in [2.45, 2.75) is 9.79 Å². The van der Waals surface area contributed by atoms with Crippen LogP contribution in [0.4, 0.5) is 17.5 Å². The van der Waals surface area contributed by atoms with Crippen molar-refractivity contribution in [3.8, 4) is 11.8 Å². The molecular weight excluding hydrogens is 764 g/mol. The van der Waals surface area contributed by atoms with E-state index in [0.29, 0.717) is 0 Å². The molecule has 0 saturated heterocycles. The van der Waals surface area contributed by atoms with Gasteiger partial charge in [0.2, 0.25) is 11.6 Å². The molecule has 0 aliphatic rings. The first-order valence-corrected chi connectivity index (χ1v) is 16.9. The first-order chi connectivity index (χ1) is 22.5. The van der Waals surface area contributed by atoms with E-state index in [1.54, 1.807) is 0 Å². The zero-order valence-corrected chi connectivity index (χ0v) is 28.8. The van der Waals surface area contributed by atoms with Gasteiger partial charge >= 0.3 is 5.97 Å². The van der Waals surface area contributed by atoms with Crippen LogP contribution in [0.3, 0.4) is 0 Å². The molecule has 0 aliphatic carbocycles. The van der Waals surface area contributed by atoms with E-state index in [1.165, 1.54) is 50.6 Å². The number of aromatic nitrogens is 4. The number of nitrogens with zero attached hydrogens (tertiary/aromatic N) is 4. The SMILES string of the molecule is COc1nc(NC(=O)CO)cnc1NS(=O)(=O)c1cccc(Cl)c1Cl.COc1ncc(C(=O)O)nc1NS(=O)(=O)c1cccc(Cl)c1Cl. The van der Waals surface area contributed by atoms with Gasteiger partial charge in [0.1, 0.15) is 16.4 Å². The van der Waals surface area contributed by atoms with Crippen molar-refractivity contribution >= 4 is 95.8 Å². The number of hydrogen-bond acceptors (Lipinski definition) is 13. The first kappa shape index (κ1) is 38.2. The number of methoxy groups -OCH3 is 2. The van der Waals surface area contributed by atoms with Crippen LogP contribution in [0.2, 0.25) is 20.1 Å². The number of nitrogens with one attached hydrogen (secondary N) is 3. The summed E-state index contributed by atoms with van der Waals surface area (Å²) in [6.07, 6.45) is 2.03. The fourth-order valence-electron chi connectivity index (χ4n) is 3.27. The molecule has 0 atom stereocenters. The Labute approximate surface area is 292 Å². The quantitative estimate of drug-likeness (QED) is 0.145. The predicted molar refractivity (Wildman–Crippen MR) is 174 cm³/mol. The predicted octanol–water partition coefficient (Wildman–Crippen LogP) is 3.81. The van der Waals surface area contributed by atoms with Gasteiger partial charge in [0, 0.05) is 0 Å². The summed E-state index contributed by atoms with van der Waals surface area (Å²) in [4.78, 5) is 36.6. The van der Waals surface area contributed by atoms with Crippen molar-refractivity contribution < 1.29 is 46.1 Å². The Morgan fingerprint density at radius 3 is 1.77 bits per heavy atom. The highest BCUT2D eigenvalue weighted by Gasteiger charge is 2.24. The summed E-state index contributed by atoms with van der Waals surface area (Å²) in [6, 6.07) is 8.21. The second-order valence-corrected chi connectivity index (χ2v) is 13.4. The number of aliphatic hydroxyl groups is 1. The third-order valence-corrected chi connectivity index (χ3v) is 9.99. The number of hydrogen-bond donors (Lipinski definition) is 5. The molecule has 4 aromatic rings. The lowest BCUT2D eigenvalue weighted by molar-refractivity contribution is -0.118. The van der Waals surface area contributed by atoms with Crippen molar-refractivity contribution in [3.63, 3.8) is 0 Å². The Bertz CT molecular complexity index is 2070. The molecular formula is C25H21Cl4N7O10S2. The third kappa shape index (κ3) is 9.43. The fraction of sp³-hybridized carbons (Fsp3) is 0.120. The van der Waals surface area contributed by atoms with E-state index in [2.05, 4.69) is 34.7 Å². The standard InChI is InChI=1S/C13H12Cl2N4O5S.C12H9Cl2N3O5S/c1-24-13-12(16-5-9(18-13)17-10(21)6-20)19-25(22,23)8-4-2-3-7(14)11(8)15;1-22-11-10(16-7(5-15-11)12(18)19)17-23(20,21)8-4-2-3-6(13)9(8)14/h2-5,20H,6H2,1H3,(H,16,19)(H,17,18,21);2-5H,1H3,(H,16,17)(H,18,19). The number of benzene rings is 2. The molecule has 0 saturated carbocycles. The average molecular weight is 785 g/mol. The largest absolute Gasteiger partial charge is 0.478 e. The van der Waals surface area contributed by atoms with Crippen LogP contribution in [-0.4, -0.2) is 79.7 Å². The lowest BCUT2D eigenvalue weighted by Crippen LogP contribution is -2.18. The second-order valence-electron chi connectivity index (χ2n) is 8.55. The molecule has 256 valence electrons. The number of halogens is 4. The Hall–Kier alpha value is -4.24. The van der Waals surface area contributed by atoms with E-state index in [4.69, 9.17) is 66.1 Å². The first-order valence-electron chi connectivity index (χ1n) is 12.4. The number of anilines is 3. The molecule has 0 fully saturated rings. The van der Waals surface area contributed by atoms with Crippen molar-refractivity contribution in [2.75, 3.05) is 35.6 Å². The van der Waals surface area contributed by atoms with E-state index < -0.39 is 44.2 Å². The van der Waals surface area contributed by atoms with Crippen LogP contribution in [0.1, 0.15) is 10.5 Å². The number of rotatable bonds is 11. The minimum absolute atomic E-state index is 0.0281. The summed E-state index contributed by atoms with van der Waals surface area (Å²) < 4.78 is 63.8. The Morgan fingerprint density at radius 2 is 1.29 bits per heavy atom. The minimum atomic E-state index is -4.18. The van der Waals surface area contributed by atoms with E-state index in [0.717, 1.165) is 12.4 Å². The molecule has 23 heteroatoms. The summed E-state index contributed by atoms with van der Waals surface area (Å²) >= 11 is 23.4. The van der Waals surface area contributed by atoms with E-state index >= 15 is 0 Å². The third-order valence-electron chi connectivity index (χ3n) is 5.37. The van der Waals surface area contributed by atoms with Gasteiger partial charge in [0.25, 0.3) is 37.7 Å². The van der Waals surface area contributed by atoms with Gasteiger partial charge in [-0.1, -0.05) is 58.5 Å². The van der Waals surface area contributed by atoms with E-state index in [-0.39, 0.29) is 59.1 Å². The van der Waals surface area contributed by atoms with Crippen LogP contribution in [0.15, 0.2) is 58.6 Å². The number of aliphatic hydroxyl groups excluding tert-OH is 1. The van der Waals surface area contributed by atoms with Gasteiger partial charge in [-0.3, -0.25) is 14.2 Å². The molecule has 1 amide bonds. The summed E-state index contributed by atoms with van der Waals surface area (Å²) in [6.45, 7) is -0.744. The Balaban J connectivity index is 0.000000261. The van der Waals surface area contributed by atoms with E-state index in [1.807, 2.05) is 0 Å². The molecule has 0 spiro atoms. The monoisotopic (exact) mass is 783 g/mol.